The van der Waals surface area contributed by atoms with Gasteiger partial charge in [-0.25, -0.2) is 18.7 Å². The second-order valence-electron chi connectivity index (χ2n) is 11.0. The topological polar surface area (TPSA) is 55.3 Å². The van der Waals surface area contributed by atoms with Crippen LogP contribution in [0.2, 0.25) is 0 Å². The van der Waals surface area contributed by atoms with Crippen LogP contribution in [0.25, 0.3) is 0 Å². The number of hydrogen-bond donors (Lipinski definition) is 0. The average molecular weight is 538 g/mol. The molecule has 2 fully saturated rings. The summed E-state index contributed by atoms with van der Waals surface area (Å²) in [6, 6.07) is 0. The Hall–Kier alpha value is -1.45. The van der Waals surface area contributed by atoms with Gasteiger partial charge in [0.2, 0.25) is 0 Å². The van der Waals surface area contributed by atoms with Gasteiger partial charge in [-0.05, 0) is 57.4 Å². The maximum atomic E-state index is 13.5. The van der Waals surface area contributed by atoms with Gasteiger partial charge >= 0.3 is 0 Å². The molecule has 5 rings (SSSR count). The highest BCUT2D eigenvalue weighted by atomic mass is 32.1. The van der Waals surface area contributed by atoms with Crippen molar-refractivity contribution in [1.29, 1.82) is 0 Å². The summed E-state index contributed by atoms with van der Waals surface area (Å²) in [6.45, 7) is 5.13. The number of ether oxygens (including phenoxy) is 1. The van der Waals surface area contributed by atoms with Crippen LogP contribution >= 0.6 is 22.7 Å². The number of fused-ring (bicyclic) bond motifs is 1. The van der Waals surface area contributed by atoms with Gasteiger partial charge in [-0.15, -0.1) is 11.3 Å². The third-order valence-corrected chi connectivity index (χ3v) is 10.0. The Morgan fingerprint density at radius 2 is 1.92 bits per heavy atom. The van der Waals surface area contributed by atoms with Gasteiger partial charge in [-0.3, -0.25) is 4.79 Å². The lowest BCUT2D eigenvalue weighted by Gasteiger charge is -2.30. The van der Waals surface area contributed by atoms with Gasteiger partial charge in [-0.1, -0.05) is 24.2 Å². The Balaban J connectivity index is 0.994. The summed E-state index contributed by atoms with van der Waals surface area (Å²) in [6.07, 6.45) is 10.8. The van der Waals surface area contributed by atoms with E-state index in [1.165, 1.54) is 37.0 Å². The Morgan fingerprint density at radius 3 is 2.64 bits per heavy atom. The molecule has 2 aliphatic carbocycles. The van der Waals surface area contributed by atoms with Crippen LogP contribution in [0, 0.1) is 18.8 Å². The standard InChI is InChI=1S/C27H37F2N3O2S2/c1-18-30-17-23(35-18)15-21(33)14-20-4-2-19(3-5-20)7-11-32-12-8-24-25(9-13-32)36-26(31-24)34-22-6-10-27(28,29)16-22/h17,19-20,22H,2-16H2,1H3. The lowest BCUT2D eigenvalue weighted by Crippen LogP contribution is -2.30. The van der Waals surface area contributed by atoms with Gasteiger partial charge in [0.05, 0.1) is 10.7 Å². The van der Waals surface area contributed by atoms with E-state index in [1.54, 1.807) is 22.7 Å². The molecule has 0 amide bonds. The molecule has 2 aromatic heterocycles. The number of carbonyl (C=O) groups excluding carboxylic acids is 1. The third kappa shape index (κ3) is 7.10. The molecule has 0 saturated heterocycles. The molecule has 0 aromatic carbocycles. The molecule has 1 atom stereocenters. The van der Waals surface area contributed by atoms with Crippen molar-refractivity contribution in [3.8, 4) is 5.19 Å². The highest BCUT2D eigenvalue weighted by molar-refractivity contribution is 7.13. The first-order valence-corrected chi connectivity index (χ1v) is 15.1. The van der Waals surface area contributed by atoms with Gasteiger partial charge in [0.1, 0.15) is 11.9 Å². The maximum absolute atomic E-state index is 13.5. The van der Waals surface area contributed by atoms with E-state index in [-0.39, 0.29) is 12.8 Å². The number of halogens is 2. The van der Waals surface area contributed by atoms with Crippen molar-refractivity contribution in [2.45, 2.75) is 96.0 Å². The van der Waals surface area contributed by atoms with Crippen LogP contribution in [-0.4, -0.2) is 52.3 Å². The van der Waals surface area contributed by atoms with Crippen LogP contribution in [0.1, 0.15) is 78.2 Å². The smallest absolute Gasteiger partial charge is 0.273 e. The third-order valence-electron chi connectivity index (χ3n) is 8.08. The van der Waals surface area contributed by atoms with Gasteiger partial charge in [0.15, 0.2) is 0 Å². The fourth-order valence-electron chi connectivity index (χ4n) is 5.98. The second kappa shape index (κ2) is 11.5. The van der Waals surface area contributed by atoms with Crippen LogP contribution in [0.4, 0.5) is 8.78 Å². The van der Waals surface area contributed by atoms with E-state index in [2.05, 4.69) is 14.9 Å². The van der Waals surface area contributed by atoms with E-state index < -0.39 is 12.0 Å². The average Bonchev–Trinajstić information content (AvgIpc) is 3.48. The van der Waals surface area contributed by atoms with E-state index in [1.807, 2.05) is 13.1 Å². The van der Waals surface area contributed by atoms with E-state index in [9.17, 15) is 13.6 Å². The van der Waals surface area contributed by atoms with Gasteiger partial charge in [0.25, 0.3) is 11.1 Å². The van der Waals surface area contributed by atoms with E-state index in [4.69, 9.17) is 4.74 Å². The number of carbonyl (C=O) groups is 1. The molecule has 3 aliphatic rings. The molecule has 0 radical (unpaired) electrons. The Labute approximate surface area is 220 Å². The minimum absolute atomic E-state index is 0.0786. The maximum Gasteiger partial charge on any atom is 0.273 e. The van der Waals surface area contributed by atoms with Gasteiger partial charge < -0.3 is 9.64 Å². The number of aryl methyl sites for hydroxylation is 1. The highest BCUT2D eigenvalue weighted by Crippen LogP contribution is 2.38. The number of aromatic nitrogens is 2. The van der Waals surface area contributed by atoms with Crippen molar-refractivity contribution >= 4 is 28.5 Å². The zero-order valence-electron chi connectivity index (χ0n) is 21.1. The Kier molecular flexibility index (Phi) is 8.37. The lowest BCUT2D eigenvalue weighted by atomic mass is 9.78. The normalized spacial score (nSPS) is 26.5. The molecule has 2 saturated carbocycles. The predicted octanol–water partition coefficient (Wildman–Crippen LogP) is 6.27. The van der Waals surface area contributed by atoms with Crippen LogP contribution in [0.3, 0.4) is 0 Å². The summed E-state index contributed by atoms with van der Waals surface area (Å²) >= 11 is 3.19. The molecule has 36 heavy (non-hydrogen) atoms. The van der Waals surface area contributed by atoms with Crippen molar-refractivity contribution in [3.05, 3.63) is 26.7 Å². The summed E-state index contributed by atoms with van der Waals surface area (Å²) in [4.78, 5) is 26.3. The Morgan fingerprint density at radius 1 is 1.14 bits per heavy atom. The van der Waals surface area contributed by atoms with Crippen molar-refractivity contribution in [3.63, 3.8) is 0 Å². The van der Waals surface area contributed by atoms with Gasteiger partial charge in [0, 0.05) is 61.1 Å². The summed E-state index contributed by atoms with van der Waals surface area (Å²) in [5, 5.41) is 1.61. The van der Waals surface area contributed by atoms with Gasteiger partial charge in [-0.2, -0.15) is 0 Å². The van der Waals surface area contributed by atoms with E-state index in [0.717, 1.165) is 60.4 Å². The largest absolute Gasteiger partial charge is 0.466 e. The minimum atomic E-state index is -2.59. The number of ketones is 1. The molecular weight excluding hydrogens is 500 g/mol. The fraction of sp³-hybridized carbons (Fsp3) is 0.741. The number of Topliss-reactive ketones (excluding diaryl/α,β-unsaturated/α-hetero) is 1. The van der Waals surface area contributed by atoms with Crippen LogP contribution in [-0.2, 0) is 24.1 Å². The van der Waals surface area contributed by atoms with Crippen LogP contribution in [0.15, 0.2) is 6.20 Å². The van der Waals surface area contributed by atoms with Crippen molar-refractivity contribution in [1.82, 2.24) is 14.9 Å². The van der Waals surface area contributed by atoms with Crippen LogP contribution in [0.5, 0.6) is 5.19 Å². The first kappa shape index (κ1) is 26.2. The molecule has 5 nitrogen and oxygen atoms in total. The predicted molar refractivity (Wildman–Crippen MR) is 139 cm³/mol. The zero-order valence-corrected chi connectivity index (χ0v) is 22.8. The molecule has 9 heteroatoms. The molecule has 0 spiro atoms. The highest BCUT2D eigenvalue weighted by Gasteiger charge is 2.41. The Bertz CT molecular complexity index is 1010. The van der Waals surface area contributed by atoms with E-state index in [0.29, 0.717) is 29.7 Å². The first-order chi connectivity index (χ1) is 17.3. The van der Waals surface area contributed by atoms with Crippen molar-refractivity contribution < 1.29 is 18.3 Å². The summed E-state index contributed by atoms with van der Waals surface area (Å²) in [5.41, 5.74) is 1.10. The second-order valence-corrected chi connectivity index (χ2v) is 13.3. The summed E-state index contributed by atoms with van der Waals surface area (Å²) in [7, 11) is 0. The molecule has 198 valence electrons. The molecule has 0 N–H and O–H groups in total. The number of rotatable bonds is 9. The quantitative estimate of drug-likeness (QED) is 0.377. The van der Waals surface area contributed by atoms with Crippen LogP contribution < -0.4 is 4.74 Å². The molecule has 3 heterocycles. The number of thiazole rings is 2. The van der Waals surface area contributed by atoms with E-state index >= 15 is 0 Å². The SMILES string of the molecule is Cc1ncc(CC(=O)CC2CCC(CCN3CCc4nc(OC5CCC(F)(F)C5)sc4CC3)CC2)s1. The minimum Gasteiger partial charge on any atom is -0.466 e. The fourth-order valence-corrected chi connectivity index (χ4v) is 7.81. The zero-order chi connectivity index (χ0) is 25.1. The number of nitrogens with zero attached hydrogens (tertiary/aromatic N) is 3. The van der Waals surface area contributed by atoms with Crippen molar-refractivity contribution in [2.75, 3.05) is 19.6 Å². The molecule has 0 bridgehead atoms. The number of hydrogen-bond acceptors (Lipinski definition) is 7. The summed E-state index contributed by atoms with van der Waals surface area (Å²) < 4.78 is 32.7. The molecule has 1 unspecified atom stereocenters. The molecular formula is C27H37F2N3O2S2. The molecule has 1 aliphatic heterocycles. The number of alkyl halides is 2. The lowest BCUT2D eigenvalue weighted by molar-refractivity contribution is -0.119. The first-order valence-electron chi connectivity index (χ1n) is 13.5. The van der Waals surface area contributed by atoms with Crippen molar-refractivity contribution in [2.24, 2.45) is 11.8 Å². The monoisotopic (exact) mass is 537 g/mol. The summed E-state index contributed by atoms with van der Waals surface area (Å²) in [5.74, 6) is -0.907. The molecule has 2 aromatic rings.